The van der Waals surface area contributed by atoms with Gasteiger partial charge in [-0.2, -0.15) is 0 Å². The molecule has 0 saturated heterocycles. The first kappa shape index (κ1) is 25.3. The fraction of sp³-hybridized carbons (Fsp3) is 0.500. The van der Waals surface area contributed by atoms with Crippen molar-refractivity contribution in [1.82, 2.24) is 14.5 Å². The molecule has 0 aliphatic carbocycles. The molecular weight excluding hydrogens is 434 g/mol. The van der Waals surface area contributed by atoms with Crippen molar-refractivity contribution in [3.8, 4) is 22.9 Å². The van der Waals surface area contributed by atoms with E-state index >= 15 is 0 Å². The topological polar surface area (TPSA) is 39.5 Å². The monoisotopic (exact) mass is 475 g/mol. The van der Waals surface area contributed by atoms with Gasteiger partial charge in [0.15, 0.2) is 11.5 Å². The molecule has 35 heavy (non-hydrogen) atoms. The molecule has 0 spiro atoms. The van der Waals surface area contributed by atoms with E-state index in [1.165, 1.54) is 48.9 Å². The van der Waals surface area contributed by atoms with Crippen LogP contribution in [-0.4, -0.2) is 27.8 Å². The lowest BCUT2D eigenvalue weighted by Crippen LogP contribution is -2.31. The normalized spacial score (nSPS) is 13.5. The van der Waals surface area contributed by atoms with Crippen molar-refractivity contribution in [2.24, 2.45) is 0 Å². The Morgan fingerprint density at radius 1 is 0.914 bits per heavy atom. The van der Waals surface area contributed by atoms with Crippen molar-refractivity contribution in [2.75, 3.05) is 13.3 Å². The lowest BCUT2D eigenvalue weighted by atomic mass is 10.0. The maximum absolute atomic E-state index is 5.67. The number of aromatic nitrogens is 2. The molecule has 5 nitrogen and oxygen atoms in total. The van der Waals surface area contributed by atoms with Crippen LogP contribution in [0.3, 0.4) is 0 Å². The van der Waals surface area contributed by atoms with Crippen LogP contribution in [0.15, 0.2) is 54.7 Å². The molecule has 2 heterocycles. The summed E-state index contributed by atoms with van der Waals surface area (Å²) >= 11 is 0. The van der Waals surface area contributed by atoms with Crippen molar-refractivity contribution >= 4 is 0 Å². The van der Waals surface area contributed by atoms with Gasteiger partial charge in [0.2, 0.25) is 6.79 Å². The molecule has 2 aromatic carbocycles. The number of ether oxygens (including phenoxy) is 2. The highest BCUT2D eigenvalue weighted by Crippen LogP contribution is 2.35. The summed E-state index contributed by atoms with van der Waals surface area (Å²) < 4.78 is 13.7. The third-order valence-corrected chi connectivity index (χ3v) is 6.89. The number of hydrogen-bond donors (Lipinski definition) is 0. The molecule has 5 heteroatoms. The minimum Gasteiger partial charge on any atom is -0.454 e. The fourth-order valence-electron chi connectivity index (χ4n) is 4.92. The summed E-state index contributed by atoms with van der Waals surface area (Å²) in [7, 11) is 0. The zero-order chi connectivity index (χ0) is 24.5. The molecule has 0 amide bonds. The van der Waals surface area contributed by atoms with E-state index in [1.54, 1.807) is 0 Å². The molecule has 188 valence electrons. The van der Waals surface area contributed by atoms with Crippen LogP contribution in [0.2, 0.25) is 0 Å². The summed E-state index contributed by atoms with van der Waals surface area (Å²) in [6.07, 6.45) is 10.4. The highest BCUT2D eigenvalue weighted by atomic mass is 16.7. The molecule has 4 rings (SSSR count). The van der Waals surface area contributed by atoms with E-state index in [2.05, 4.69) is 85.0 Å². The van der Waals surface area contributed by atoms with Crippen LogP contribution >= 0.6 is 0 Å². The zero-order valence-electron chi connectivity index (χ0n) is 21.7. The van der Waals surface area contributed by atoms with Gasteiger partial charge in [-0.25, -0.2) is 4.98 Å². The van der Waals surface area contributed by atoms with Crippen LogP contribution in [0.1, 0.15) is 83.0 Å². The maximum Gasteiger partial charge on any atom is 0.231 e. The molecule has 0 N–H and O–H groups in total. The molecular formula is C30H41N3O2. The van der Waals surface area contributed by atoms with E-state index < -0.39 is 0 Å². The summed E-state index contributed by atoms with van der Waals surface area (Å²) in [4.78, 5) is 7.66. The van der Waals surface area contributed by atoms with Crippen LogP contribution in [0.4, 0.5) is 0 Å². The quantitative estimate of drug-likeness (QED) is 0.240. The summed E-state index contributed by atoms with van der Waals surface area (Å²) in [5.74, 6) is 2.80. The minimum absolute atomic E-state index is 0.316. The van der Waals surface area contributed by atoms with E-state index in [0.29, 0.717) is 12.8 Å². The van der Waals surface area contributed by atoms with Gasteiger partial charge in [-0.15, -0.1) is 0 Å². The van der Waals surface area contributed by atoms with Gasteiger partial charge < -0.3 is 14.0 Å². The van der Waals surface area contributed by atoms with Gasteiger partial charge in [-0.1, -0.05) is 82.9 Å². The number of fused-ring (bicyclic) bond motifs is 1. The van der Waals surface area contributed by atoms with Gasteiger partial charge in [0.1, 0.15) is 5.82 Å². The van der Waals surface area contributed by atoms with E-state index in [-0.39, 0.29) is 0 Å². The first-order chi connectivity index (χ1) is 17.2. The van der Waals surface area contributed by atoms with Crippen LogP contribution < -0.4 is 9.47 Å². The molecule has 0 saturated carbocycles. The van der Waals surface area contributed by atoms with Gasteiger partial charge in [0.25, 0.3) is 0 Å². The first-order valence-electron chi connectivity index (χ1n) is 13.5. The van der Waals surface area contributed by atoms with Crippen LogP contribution in [-0.2, 0) is 13.1 Å². The molecule has 1 aliphatic heterocycles. The van der Waals surface area contributed by atoms with Crippen molar-refractivity contribution in [1.29, 1.82) is 0 Å². The fourth-order valence-corrected chi connectivity index (χ4v) is 4.92. The molecule has 1 atom stereocenters. The van der Waals surface area contributed by atoms with E-state index in [9.17, 15) is 0 Å². The Bertz CT molecular complexity index is 1050. The van der Waals surface area contributed by atoms with Gasteiger partial charge in [-0.3, -0.25) is 4.90 Å². The van der Waals surface area contributed by atoms with E-state index in [1.807, 2.05) is 0 Å². The summed E-state index contributed by atoms with van der Waals surface area (Å²) in [5, 5.41) is 0. The van der Waals surface area contributed by atoms with Crippen LogP contribution in [0.25, 0.3) is 11.4 Å². The molecule has 1 unspecified atom stereocenters. The predicted octanol–water partition coefficient (Wildman–Crippen LogP) is 7.61. The number of hydrogen-bond acceptors (Lipinski definition) is 4. The lowest BCUT2D eigenvalue weighted by molar-refractivity contribution is 0.165. The molecule has 3 aromatic rings. The molecule has 0 fully saturated rings. The zero-order valence-corrected chi connectivity index (χ0v) is 21.7. The average molecular weight is 476 g/mol. The maximum atomic E-state index is 5.67. The largest absolute Gasteiger partial charge is 0.454 e. The van der Waals surface area contributed by atoms with Gasteiger partial charge in [0, 0.05) is 18.7 Å². The van der Waals surface area contributed by atoms with Crippen molar-refractivity contribution in [3.05, 3.63) is 66.0 Å². The average Bonchev–Trinajstić information content (AvgIpc) is 3.53. The SMILES string of the molecule is CCCCC(c1cnc(-c2ccccc2)n1CCCC)N(CCCC)Cc1ccc2c(c1)OCO2. The van der Waals surface area contributed by atoms with Crippen molar-refractivity contribution < 1.29 is 9.47 Å². The van der Waals surface area contributed by atoms with Gasteiger partial charge >= 0.3 is 0 Å². The third kappa shape index (κ3) is 6.26. The summed E-state index contributed by atoms with van der Waals surface area (Å²) in [6, 6.07) is 17.4. The summed E-state index contributed by atoms with van der Waals surface area (Å²) in [5.41, 5.74) is 3.82. The van der Waals surface area contributed by atoms with Crippen molar-refractivity contribution in [3.63, 3.8) is 0 Å². The third-order valence-electron chi connectivity index (χ3n) is 6.89. The number of unbranched alkanes of at least 4 members (excludes halogenated alkanes) is 3. The second-order valence-electron chi connectivity index (χ2n) is 9.55. The number of rotatable bonds is 14. The Kier molecular flexibility index (Phi) is 9.24. The second kappa shape index (κ2) is 12.8. The van der Waals surface area contributed by atoms with Crippen molar-refractivity contribution in [2.45, 2.75) is 84.8 Å². The second-order valence-corrected chi connectivity index (χ2v) is 9.55. The lowest BCUT2D eigenvalue weighted by Gasteiger charge is -2.33. The predicted molar refractivity (Wildman–Crippen MR) is 143 cm³/mol. The van der Waals surface area contributed by atoms with Crippen LogP contribution in [0, 0.1) is 0 Å². The molecule has 1 aromatic heterocycles. The smallest absolute Gasteiger partial charge is 0.231 e. The highest BCUT2D eigenvalue weighted by Gasteiger charge is 2.26. The van der Waals surface area contributed by atoms with Gasteiger partial charge in [0.05, 0.1) is 17.9 Å². The van der Waals surface area contributed by atoms with Gasteiger partial charge in [-0.05, 0) is 43.5 Å². The molecule has 0 radical (unpaired) electrons. The number of imidazole rings is 1. The van der Waals surface area contributed by atoms with E-state index in [0.717, 1.165) is 49.8 Å². The summed E-state index contributed by atoms with van der Waals surface area (Å²) in [6.45, 7) is 10.1. The van der Waals surface area contributed by atoms with E-state index in [4.69, 9.17) is 14.5 Å². The Morgan fingerprint density at radius 2 is 1.69 bits per heavy atom. The molecule has 1 aliphatic rings. The Morgan fingerprint density at radius 3 is 2.46 bits per heavy atom. The van der Waals surface area contributed by atoms with Crippen LogP contribution in [0.5, 0.6) is 11.5 Å². The number of benzene rings is 2. The first-order valence-corrected chi connectivity index (χ1v) is 13.5. The molecule has 0 bridgehead atoms. The minimum atomic E-state index is 0.316. The number of nitrogens with zero attached hydrogens (tertiary/aromatic N) is 3. The Balaban J connectivity index is 1.70. The highest BCUT2D eigenvalue weighted by molar-refractivity contribution is 5.56. The Labute approximate surface area is 211 Å². The standard InChI is InChI=1S/C30H41N3O2/c1-4-7-15-26(27-21-31-30(33(27)19-9-6-3)25-13-11-10-12-14-25)32(18-8-5-2)22-24-16-17-28-29(20-24)35-23-34-28/h10-14,16-17,20-21,26H,4-9,15,18-19,22-23H2,1-3H3. The Hall–Kier alpha value is -2.79.